The molecule has 0 heterocycles. The van der Waals surface area contributed by atoms with E-state index in [0.717, 1.165) is 12.8 Å². The number of rotatable bonds is 6. The predicted molar refractivity (Wildman–Crippen MR) is 100 cm³/mol. The Hall–Kier alpha value is -2.53. The lowest BCUT2D eigenvalue weighted by atomic mass is 10.1. The first-order chi connectivity index (χ1) is 12.0. The van der Waals surface area contributed by atoms with E-state index in [0.29, 0.717) is 16.9 Å². The zero-order chi connectivity index (χ0) is 18.4. The Bertz CT molecular complexity index is 773. The number of hydrogen-bond acceptors (Lipinski definition) is 4. The summed E-state index contributed by atoms with van der Waals surface area (Å²) in [7, 11) is 0. The van der Waals surface area contributed by atoms with Gasteiger partial charge in [0.2, 0.25) is 0 Å². The Morgan fingerprint density at radius 1 is 1.12 bits per heavy atom. The van der Waals surface area contributed by atoms with Crippen molar-refractivity contribution in [3.05, 3.63) is 58.6 Å². The summed E-state index contributed by atoms with van der Waals surface area (Å²) in [6, 6.07) is 11.4. The van der Waals surface area contributed by atoms with Gasteiger partial charge >= 0.3 is 5.97 Å². The van der Waals surface area contributed by atoms with Crippen molar-refractivity contribution in [1.29, 1.82) is 0 Å². The van der Waals surface area contributed by atoms with E-state index in [2.05, 4.69) is 5.32 Å². The summed E-state index contributed by atoms with van der Waals surface area (Å²) in [5.74, 6) is -0.867. The fraction of sp³-hybridized carbons (Fsp3) is 0.263. The minimum Gasteiger partial charge on any atom is -0.459 e. The van der Waals surface area contributed by atoms with E-state index in [9.17, 15) is 9.59 Å². The highest BCUT2D eigenvalue weighted by Gasteiger charge is 2.17. The molecule has 0 aromatic heterocycles. The maximum atomic E-state index is 12.3. The average molecular weight is 361 g/mol. The van der Waals surface area contributed by atoms with Crippen LogP contribution in [0.5, 0.6) is 0 Å². The number of nitrogens with two attached hydrogens (primary N) is 1. The number of nitrogen functional groups attached to an aromatic ring is 1. The molecule has 2 rings (SSSR count). The second-order valence-corrected chi connectivity index (χ2v) is 5.99. The molecule has 132 valence electrons. The lowest BCUT2D eigenvalue weighted by molar-refractivity contribution is 0.0284. The fourth-order valence-electron chi connectivity index (χ4n) is 2.33. The molecule has 5 nitrogen and oxygen atoms in total. The maximum absolute atomic E-state index is 12.3. The van der Waals surface area contributed by atoms with Gasteiger partial charge in [-0.05, 0) is 43.2 Å². The number of carbonyl (C=O) groups is 2. The molecular formula is C19H21ClN2O3. The third-order valence-electron chi connectivity index (χ3n) is 3.83. The third kappa shape index (κ3) is 4.73. The number of ether oxygens (including phenoxy) is 1. The summed E-state index contributed by atoms with van der Waals surface area (Å²) in [4.78, 5) is 24.6. The van der Waals surface area contributed by atoms with Crippen LogP contribution in [0.25, 0.3) is 0 Å². The van der Waals surface area contributed by atoms with Crippen LogP contribution >= 0.6 is 11.6 Å². The average Bonchev–Trinajstić information content (AvgIpc) is 2.61. The topological polar surface area (TPSA) is 81.4 Å². The number of nitrogens with one attached hydrogen (secondary N) is 1. The number of halogens is 1. The molecule has 0 aliphatic heterocycles. The van der Waals surface area contributed by atoms with Crippen LogP contribution in [0.1, 0.15) is 47.4 Å². The molecule has 0 aliphatic rings. The molecule has 0 aliphatic carbocycles. The lowest BCUT2D eigenvalue weighted by Crippen LogP contribution is -2.18. The first kappa shape index (κ1) is 18.8. The number of anilines is 2. The van der Waals surface area contributed by atoms with E-state index in [1.807, 2.05) is 13.8 Å². The van der Waals surface area contributed by atoms with Crippen molar-refractivity contribution < 1.29 is 14.3 Å². The van der Waals surface area contributed by atoms with E-state index in [-0.39, 0.29) is 22.6 Å². The number of amides is 1. The highest BCUT2D eigenvalue weighted by molar-refractivity contribution is 6.33. The monoisotopic (exact) mass is 360 g/mol. The van der Waals surface area contributed by atoms with E-state index in [1.165, 1.54) is 6.07 Å². The summed E-state index contributed by atoms with van der Waals surface area (Å²) in [6.45, 7) is 3.90. The lowest BCUT2D eigenvalue weighted by Gasteiger charge is -2.15. The van der Waals surface area contributed by atoms with E-state index in [1.54, 1.807) is 36.4 Å². The molecule has 0 atom stereocenters. The van der Waals surface area contributed by atoms with Gasteiger partial charge in [0.05, 0.1) is 16.1 Å². The Kier molecular flexibility index (Phi) is 6.42. The van der Waals surface area contributed by atoms with Crippen molar-refractivity contribution in [2.24, 2.45) is 0 Å². The molecule has 0 saturated carbocycles. The van der Waals surface area contributed by atoms with Crippen LogP contribution in [0.15, 0.2) is 42.5 Å². The Labute approximate surface area is 152 Å². The Balaban J connectivity index is 2.19. The largest absolute Gasteiger partial charge is 0.459 e. The first-order valence-corrected chi connectivity index (χ1v) is 8.50. The number of benzene rings is 2. The normalized spacial score (nSPS) is 10.6. The smallest absolute Gasteiger partial charge is 0.340 e. The summed E-state index contributed by atoms with van der Waals surface area (Å²) < 4.78 is 5.42. The SMILES string of the molecule is CCC(CC)OC(=O)c1cc(NC(=O)c2ccccc2N)ccc1Cl. The molecule has 25 heavy (non-hydrogen) atoms. The quantitative estimate of drug-likeness (QED) is 0.586. The minimum absolute atomic E-state index is 0.161. The van der Waals surface area contributed by atoms with Crippen molar-refractivity contribution in [3.8, 4) is 0 Å². The standard InChI is InChI=1S/C19H21ClN2O3/c1-3-13(4-2)25-19(24)15-11-12(9-10-16(15)20)22-18(23)14-7-5-6-8-17(14)21/h5-11,13H,3-4,21H2,1-2H3,(H,22,23). The van der Waals surface area contributed by atoms with Crippen LogP contribution in [0.3, 0.4) is 0 Å². The highest BCUT2D eigenvalue weighted by Crippen LogP contribution is 2.23. The van der Waals surface area contributed by atoms with Crippen molar-refractivity contribution >= 4 is 34.9 Å². The molecule has 0 spiro atoms. The molecule has 0 saturated heterocycles. The number of hydrogen-bond donors (Lipinski definition) is 2. The zero-order valence-electron chi connectivity index (χ0n) is 14.2. The first-order valence-electron chi connectivity index (χ1n) is 8.12. The van der Waals surface area contributed by atoms with Crippen molar-refractivity contribution in [3.63, 3.8) is 0 Å². The van der Waals surface area contributed by atoms with Gasteiger partial charge in [-0.15, -0.1) is 0 Å². The van der Waals surface area contributed by atoms with Gasteiger partial charge in [0, 0.05) is 11.4 Å². The number of para-hydroxylation sites is 1. The summed E-state index contributed by atoms with van der Waals surface area (Å²) in [5.41, 5.74) is 7.20. The molecule has 3 N–H and O–H groups in total. The van der Waals surface area contributed by atoms with Gasteiger partial charge in [-0.2, -0.15) is 0 Å². The van der Waals surface area contributed by atoms with Crippen LogP contribution in [0.2, 0.25) is 5.02 Å². The van der Waals surface area contributed by atoms with Gasteiger partial charge in [-0.1, -0.05) is 37.6 Å². The number of carbonyl (C=O) groups excluding carboxylic acids is 2. The second-order valence-electron chi connectivity index (χ2n) is 5.58. The molecule has 2 aromatic carbocycles. The van der Waals surface area contributed by atoms with E-state index < -0.39 is 5.97 Å². The van der Waals surface area contributed by atoms with E-state index in [4.69, 9.17) is 22.1 Å². The van der Waals surface area contributed by atoms with Crippen LogP contribution in [-0.4, -0.2) is 18.0 Å². The van der Waals surface area contributed by atoms with Crippen LogP contribution in [0.4, 0.5) is 11.4 Å². The molecule has 0 bridgehead atoms. The summed E-state index contributed by atoms with van der Waals surface area (Å²) in [6.07, 6.45) is 1.29. The molecular weight excluding hydrogens is 340 g/mol. The van der Waals surface area contributed by atoms with Gasteiger partial charge in [0.15, 0.2) is 0 Å². The molecule has 0 radical (unpaired) electrons. The number of esters is 1. The van der Waals surface area contributed by atoms with Gasteiger partial charge in [0.1, 0.15) is 6.10 Å². The van der Waals surface area contributed by atoms with Crippen molar-refractivity contribution in [2.75, 3.05) is 11.1 Å². The molecule has 1 amide bonds. The molecule has 0 fully saturated rings. The maximum Gasteiger partial charge on any atom is 0.340 e. The van der Waals surface area contributed by atoms with Crippen molar-refractivity contribution in [2.45, 2.75) is 32.8 Å². The Morgan fingerprint density at radius 2 is 1.80 bits per heavy atom. The van der Waals surface area contributed by atoms with Gasteiger partial charge in [0.25, 0.3) is 5.91 Å². The van der Waals surface area contributed by atoms with Crippen LogP contribution in [0, 0.1) is 0 Å². The summed E-state index contributed by atoms with van der Waals surface area (Å²) >= 11 is 6.11. The van der Waals surface area contributed by atoms with Crippen LogP contribution in [-0.2, 0) is 4.74 Å². The fourth-order valence-corrected chi connectivity index (χ4v) is 2.53. The molecule has 6 heteroatoms. The predicted octanol–water partition coefficient (Wildman–Crippen LogP) is 4.52. The second kappa shape index (κ2) is 8.53. The van der Waals surface area contributed by atoms with Gasteiger partial charge in [-0.3, -0.25) is 4.79 Å². The van der Waals surface area contributed by atoms with Gasteiger partial charge < -0.3 is 15.8 Å². The third-order valence-corrected chi connectivity index (χ3v) is 4.16. The highest BCUT2D eigenvalue weighted by atomic mass is 35.5. The van der Waals surface area contributed by atoms with Gasteiger partial charge in [-0.25, -0.2) is 4.79 Å². The Morgan fingerprint density at radius 3 is 2.44 bits per heavy atom. The molecule has 0 unspecified atom stereocenters. The van der Waals surface area contributed by atoms with Crippen molar-refractivity contribution in [1.82, 2.24) is 0 Å². The minimum atomic E-state index is -0.506. The van der Waals surface area contributed by atoms with Crippen LogP contribution < -0.4 is 11.1 Å². The zero-order valence-corrected chi connectivity index (χ0v) is 15.0. The summed E-state index contributed by atoms with van der Waals surface area (Å²) in [5, 5.41) is 2.99. The van der Waals surface area contributed by atoms with E-state index >= 15 is 0 Å². The molecule has 2 aromatic rings.